The summed E-state index contributed by atoms with van der Waals surface area (Å²) >= 11 is 1.54. The van der Waals surface area contributed by atoms with Crippen LogP contribution in [0.3, 0.4) is 0 Å². The quantitative estimate of drug-likeness (QED) is 0.768. The summed E-state index contributed by atoms with van der Waals surface area (Å²) in [4.78, 5) is 17.2. The molecule has 0 aliphatic carbocycles. The van der Waals surface area contributed by atoms with Crippen LogP contribution < -0.4 is 5.32 Å². The summed E-state index contributed by atoms with van der Waals surface area (Å²) in [6.45, 7) is 9.18. The molecule has 0 fully saturated rings. The van der Waals surface area contributed by atoms with E-state index in [0.717, 1.165) is 35.0 Å². The lowest BCUT2D eigenvalue weighted by Gasteiger charge is -2.02. The van der Waals surface area contributed by atoms with Gasteiger partial charge in [-0.15, -0.1) is 11.3 Å². The highest BCUT2D eigenvalue weighted by atomic mass is 32.1. The van der Waals surface area contributed by atoms with Gasteiger partial charge in [-0.25, -0.2) is 4.98 Å². The third-order valence-corrected chi connectivity index (χ3v) is 3.87. The van der Waals surface area contributed by atoms with Crippen LogP contribution in [0, 0.1) is 12.8 Å². The average molecular weight is 268 g/mol. The molecule has 1 rings (SSSR count). The first-order valence-electron chi connectivity index (χ1n) is 6.79. The molecular weight excluding hydrogens is 244 g/mol. The predicted molar refractivity (Wildman–Crippen MR) is 77.3 cm³/mol. The van der Waals surface area contributed by atoms with E-state index in [9.17, 15) is 4.79 Å². The van der Waals surface area contributed by atoms with E-state index < -0.39 is 0 Å². The predicted octanol–water partition coefficient (Wildman–Crippen LogP) is 3.57. The van der Waals surface area contributed by atoms with Gasteiger partial charge in [0.15, 0.2) is 0 Å². The number of carbonyl (C=O) groups excluding carboxylic acids is 1. The molecule has 4 heteroatoms. The summed E-state index contributed by atoms with van der Waals surface area (Å²) in [5, 5.41) is 4.04. The Morgan fingerprint density at radius 3 is 2.72 bits per heavy atom. The third kappa shape index (κ3) is 4.77. The molecule has 0 aromatic carbocycles. The Hall–Kier alpha value is -0.900. The number of carbonyl (C=O) groups is 1. The number of nitrogens with zero attached hydrogens (tertiary/aromatic N) is 1. The Balaban J connectivity index is 2.54. The van der Waals surface area contributed by atoms with Gasteiger partial charge >= 0.3 is 0 Å². The van der Waals surface area contributed by atoms with Crippen molar-refractivity contribution in [2.75, 3.05) is 6.54 Å². The van der Waals surface area contributed by atoms with E-state index in [2.05, 4.69) is 31.1 Å². The van der Waals surface area contributed by atoms with Crippen molar-refractivity contribution in [3.63, 3.8) is 0 Å². The van der Waals surface area contributed by atoms with Crippen molar-refractivity contribution in [3.05, 3.63) is 15.6 Å². The van der Waals surface area contributed by atoms with Crippen molar-refractivity contribution in [2.45, 2.75) is 53.4 Å². The monoisotopic (exact) mass is 268 g/mol. The van der Waals surface area contributed by atoms with E-state index in [1.54, 1.807) is 0 Å². The number of hydrogen-bond acceptors (Lipinski definition) is 3. The zero-order valence-electron chi connectivity index (χ0n) is 11.9. The van der Waals surface area contributed by atoms with Gasteiger partial charge in [0.1, 0.15) is 4.88 Å². The average Bonchev–Trinajstić information content (AvgIpc) is 2.64. The third-order valence-electron chi connectivity index (χ3n) is 2.70. The second kappa shape index (κ2) is 7.52. The fourth-order valence-electron chi connectivity index (χ4n) is 1.76. The maximum absolute atomic E-state index is 12.0. The molecule has 3 nitrogen and oxygen atoms in total. The minimum atomic E-state index is 0.0381. The van der Waals surface area contributed by atoms with Gasteiger partial charge in [-0.3, -0.25) is 4.79 Å². The van der Waals surface area contributed by atoms with Crippen molar-refractivity contribution in [3.8, 4) is 0 Å². The van der Waals surface area contributed by atoms with Gasteiger partial charge in [-0.1, -0.05) is 33.6 Å². The lowest BCUT2D eigenvalue weighted by Crippen LogP contribution is -2.24. The van der Waals surface area contributed by atoms with Gasteiger partial charge in [0.25, 0.3) is 5.91 Å². The molecule has 0 unspecified atom stereocenters. The molecule has 0 aliphatic rings. The highest BCUT2D eigenvalue weighted by molar-refractivity contribution is 7.13. The summed E-state index contributed by atoms with van der Waals surface area (Å²) < 4.78 is 0. The molecule has 0 radical (unpaired) electrons. The number of thiazole rings is 1. The number of nitrogens with one attached hydrogen (secondary N) is 1. The number of aromatic nitrogens is 1. The highest BCUT2D eigenvalue weighted by Crippen LogP contribution is 2.20. The normalized spacial score (nSPS) is 10.9. The summed E-state index contributed by atoms with van der Waals surface area (Å²) in [5.74, 6) is 0.618. The van der Waals surface area contributed by atoms with E-state index in [0.29, 0.717) is 5.92 Å². The zero-order valence-corrected chi connectivity index (χ0v) is 12.7. The maximum atomic E-state index is 12.0. The van der Waals surface area contributed by atoms with Crippen molar-refractivity contribution in [2.24, 2.45) is 5.92 Å². The molecule has 0 saturated carbocycles. The van der Waals surface area contributed by atoms with E-state index >= 15 is 0 Å². The smallest absolute Gasteiger partial charge is 0.263 e. The standard InChI is InChI=1S/C14H24N2OS/c1-5-6-7-8-15-14(17)13-11(4)16-12(18-13)9-10(2)3/h10H,5-9H2,1-4H3,(H,15,17). The molecule has 0 bridgehead atoms. The van der Waals surface area contributed by atoms with Gasteiger partial charge in [0, 0.05) is 13.0 Å². The van der Waals surface area contributed by atoms with Crippen LogP contribution >= 0.6 is 11.3 Å². The molecule has 1 N–H and O–H groups in total. The molecule has 102 valence electrons. The topological polar surface area (TPSA) is 42.0 Å². The van der Waals surface area contributed by atoms with Crippen LogP contribution in [0.4, 0.5) is 0 Å². The lowest BCUT2D eigenvalue weighted by atomic mass is 10.1. The molecule has 18 heavy (non-hydrogen) atoms. The first kappa shape index (κ1) is 15.2. The first-order chi connectivity index (χ1) is 8.54. The fraction of sp³-hybridized carbons (Fsp3) is 0.714. The second-order valence-corrected chi connectivity index (χ2v) is 6.17. The van der Waals surface area contributed by atoms with Crippen LogP contribution in [0.5, 0.6) is 0 Å². The summed E-state index contributed by atoms with van der Waals surface area (Å²) in [6.07, 6.45) is 4.35. The van der Waals surface area contributed by atoms with Crippen LogP contribution in [0.1, 0.15) is 60.4 Å². The molecule has 1 heterocycles. The Kier molecular flexibility index (Phi) is 6.33. The number of amides is 1. The Labute approximate surface area is 114 Å². The molecule has 0 saturated heterocycles. The van der Waals surface area contributed by atoms with Crippen molar-refractivity contribution >= 4 is 17.2 Å². The summed E-state index contributed by atoms with van der Waals surface area (Å²) in [7, 11) is 0. The van der Waals surface area contributed by atoms with Crippen LogP contribution in [0.2, 0.25) is 0 Å². The number of rotatable bonds is 7. The Bertz CT molecular complexity index is 385. The minimum absolute atomic E-state index is 0.0381. The van der Waals surface area contributed by atoms with Gasteiger partial charge in [-0.05, 0) is 19.3 Å². The number of hydrogen-bond donors (Lipinski definition) is 1. The van der Waals surface area contributed by atoms with Gasteiger partial charge < -0.3 is 5.32 Å². The van der Waals surface area contributed by atoms with Crippen LogP contribution in [0.15, 0.2) is 0 Å². The van der Waals surface area contributed by atoms with E-state index in [4.69, 9.17) is 0 Å². The largest absolute Gasteiger partial charge is 0.351 e. The molecule has 0 atom stereocenters. The molecular formula is C14H24N2OS. The van der Waals surface area contributed by atoms with Crippen LogP contribution in [-0.2, 0) is 6.42 Å². The zero-order chi connectivity index (χ0) is 13.5. The summed E-state index contributed by atoms with van der Waals surface area (Å²) in [6, 6.07) is 0. The molecule has 1 aromatic rings. The molecule has 0 aliphatic heterocycles. The number of unbranched alkanes of at least 4 members (excludes halogenated alkanes) is 2. The summed E-state index contributed by atoms with van der Waals surface area (Å²) in [5.41, 5.74) is 0.864. The van der Waals surface area contributed by atoms with E-state index in [1.165, 1.54) is 24.2 Å². The number of aryl methyl sites for hydroxylation is 1. The van der Waals surface area contributed by atoms with Crippen LogP contribution in [0.25, 0.3) is 0 Å². The van der Waals surface area contributed by atoms with Crippen molar-refractivity contribution in [1.29, 1.82) is 0 Å². The Morgan fingerprint density at radius 1 is 1.39 bits per heavy atom. The molecule has 1 amide bonds. The van der Waals surface area contributed by atoms with Crippen molar-refractivity contribution in [1.82, 2.24) is 10.3 Å². The van der Waals surface area contributed by atoms with Crippen LogP contribution in [-0.4, -0.2) is 17.4 Å². The van der Waals surface area contributed by atoms with Crippen molar-refractivity contribution < 1.29 is 4.79 Å². The maximum Gasteiger partial charge on any atom is 0.263 e. The van der Waals surface area contributed by atoms with Gasteiger partial charge in [-0.2, -0.15) is 0 Å². The molecule has 0 spiro atoms. The van der Waals surface area contributed by atoms with E-state index in [1.807, 2.05) is 6.92 Å². The lowest BCUT2D eigenvalue weighted by molar-refractivity contribution is 0.0956. The minimum Gasteiger partial charge on any atom is -0.351 e. The second-order valence-electron chi connectivity index (χ2n) is 5.08. The van der Waals surface area contributed by atoms with Gasteiger partial charge in [0.05, 0.1) is 10.7 Å². The first-order valence-corrected chi connectivity index (χ1v) is 7.60. The SMILES string of the molecule is CCCCCNC(=O)c1sc(CC(C)C)nc1C. The fourth-order valence-corrected chi connectivity index (χ4v) is 2.95. The Morgan fingerprint density at radius 2 is 2.11 bits per heavy atom. The highest BCUT2D eigenvalue weighted by Gasteiger charge is 2.15. The molecule has 1 aromatic heterocycles. The van der Waals surface area contributed by atoms with Gasteiger partial charge in [0.2, 0.25) is 0 Å². The van der Waals surface area contributed by atoms with E-state index in [-0.39, 0.29) is 5.91 Å².